The Hall–Kier alpha value is -4.97. The normalized spacial score (nSPS) is 14.1. The van der Waals surface area contributed by atoms with Gasteiger partial charge in [0.2, 0.25) is 0 Å². The predicted molar refractivity (Wildman–Crippen MR) is 186 cm³/mol. The smallest absolute Gasteiger partial charge is 0.335 e. The number of fused-ring (bicyclic) bond motifs is 6. The van der Waals surface area contributed by atoms with Gasteiger partial charge in [0.15, 0.2) is 0 Å². The van der Waals surface area contributed by atoms with Crippen LogP contribution in [0.2, 0.25) is 0 Å². The van der Waals surface area contributed by atoms with Gasteiger partial charge >= 0.3 is 5.97 Å². The molecule has 1 atom stereocenters. The van der Waals surface area contributed by atoms with E-state index in [-0.39, 0.29) is 0 Å². The van der Waals surface area contributed by atoms with Crippen molar-refractivity contribution in [2.24, 2.45) is 5.73 Å². The Balaban J connectivity index is 0.000000209. The van der Waals surface area contributed by atoms with Crippen molar-refractivity contribution in [1.29, 1.82) is 0 Å². The predicted octanol–water partition coefficient (Wildman–Crippen LogP) is 9.65. The molecule has 1 heterocycles. The maximum absolute atomic E-state index is 10.6. The van der Waals surface area contributed by atoms with Crippen LogP contribution >= 0.6 is 11.3 Å². The van der Waals surface area contributed by atoms with Gasteiger partial charge in [0.25, 0.3) is 0 Å². The van der Waals surface area contributed by atoms with E-state index in [4.69, 9.17) is 15.6 Å². The first-order chi connectivity index (χ1) is 22.0. The van der Waals surface area contributed by atoms with Gasteiger partial charge < -0.3 is 15.6 Å². The summed E-state index contributed by atoms with van der Waals surface area (Å²) in [6.07, 6.45) is 3.13. The van der Waals surface area contributed by atoms with E-state index in [1.165, 1.54) is 48.7 Å². The Bertz CT molecular complexity index is 2150. The maximum Gasteiger partial charge on any atom is 0.335 e. The van der Waals surface area contributed by atoms with Crippen LogP contribution in [0.5, 0.6) is 5.75 Å². The third-order valence-corrected chi connectivity index (χ3v) is 9.55. The van der Waals surface area contributed by atoms with Crippen LogP contribution in [-0.2, 0) is 19.4 Å². The zero-order valence-electron chi connectivity index (χ0n) is 24.8. The number of aryl methyl sites for hydroxylation is 1. The summed E-state index contributed by atoms with van der Waals surface area (Å²) in [6.45, 7) is 0.576. The molecule has 1 aromatic heterocycles. The number of benzene rings is 6. The fourth-order valence-corrected chi connectivity index (χ4v) is 7.22. The van der Waals surface area contributed by atoms with Crippen LogP contribution in [0.15, 0.2) is 127 Å². The molecule has 1 aliphatic carbocycles. The van der Waals surface area contributed by atoms with E-state index < -0.39 is 5.97 Å². The maximum atomic E-state index is 10.6. The molecule has 0 fully saturated rings. The Morgan fingerprint density at radius 1 is 0.778 bits per heavy atom. The summed E-state index contributed by atoms with van der Waals surface area (Å²) in [6, 6.07) is 41.4. The molecular formula is C40H33NO3S. The highest BCUT2D eigenvalue weighted by Crippen LogP contribution is 2.42. The van der Waals surface area contributed by atoms with Crippen molar-refractivity contribution in [3.63, 3.8) is 0 Å². The standard InChI is InChI=1S/C29H25NOS.C11H8O2/c30-21-10-12-22-20(17-21)9-11-25-23-7-4-8-27(26(23)14-13-24(22)25)29-28(15-16-32-29)31-18-19-5-2-1-3-6-19;12-11(13)10-6-5-8-3-1-2-4-9(8)7-10/h1-9,11,13-16,21H,10,12,17-18,30H2;1-7H,(H,12,13). The molecule has 8 rings (SSSR count). The average molecular weight is 608 g/mol. The number of rotatable bonds is 5. The molecule has 4 nitrogen and oxygen atoms in total. The van der Waals surface area contributed by atoms with E-state index in [9.17, 15) is 4.79 Å². The van der Waals surface area contributed by atoms with Crippen LogP contribution in [-0.4, -0.2) is 17.1 Å². The van der Waals surface area contributed by atoms with Gasteiger partial charge in [0, 0.05) is 11.6 Å². The van der Waals surface area contributed by atoms with Gasteiger partial charge in [0.1, 0.15) is 12.4 Å². The second-order valence-electron chi connectivity index (χ2n) is 11.5. The lowest BCUT2D eigenvalue weighted by molar-refractivity contribution is 0.0697. The highest BCUT2D eigenvalue weighted by Gasteiger charge is 2.19. The number of hydrogen-bond acceptors (Lipinski definition) is 4. The topological polar surface area (TPSA) is 72.5 Å². The lowest BCUT2D eigenvalue weighted by atomic mass is 9.84. The fourth-order valence-electron chi connectivity index (χ4n) is 6.35. The van der Waals surface area contributed by atoms with Gasteiger partial charge in [-0.3, -0.25) is 0 Å². The van der Waals surface area contributed by atoms with Gasteiger partial charge in [-0.15, -0.1) is 11.3 Å². The van der Waals surface area contributed by atoms with E-state index in [2.05, 4.69) is 78.2 Å². The van der Waals surface area contributed by atoms with Gasteiger partial charge in [-0.05, 0) is 91.8 Å². The first-order valence-corrected chi connectivity index (χ1v) is 16.1. The molecule has 7 aromatic rings. The summed E-state index contributed by atoms with van der Waals surface area (Å²) < 4.78 is 6.24. The lowest BCUT2D eigenvalue weighted by Crippen LogP contribution is -2.27. The van der Waals surface area contributed by atoms with Gasteiger partial charge in [-0.25, -0.2) is 4.79 Å². The van der Waals surface area contributed by atoms with Crippen molar-refractivity contribution in [3.05, 3.63) is 149 Å². The van der Waals surface area contributed by atoms with Crippen LogP contribution in [0.3, 0.4) is 0 Å². The third kappa shape index (κ3) is 5.93. The van der Waals surface area contributed by atoms with E-state index in [0.29, 0.717) is 18.2 Å². The number of nitrogens with two attached hydrogens (primary N) is 1. The summed E-state index contributed by atoms with van der Waals surface area (Å²) in [5, 5.41) is 18.2. The zero-order chi connectivity index (χ0) is 30.8. The number of aromatic carboxylic acids is 1. The number of thiophene rings is 1. The van der Waals surface area contributed by atoms with Crippen LogP contribution in [0.25, 0.3) is 42.8 Å². The monoisotopic (exact) mass is 607 g/mol. The van der Waals surface area contributed by atoms with E-state index >= 15 is 0 Å². The minimum absolute atomic E-state index is 0.292. The van der Waals surface area contributed by atoms with E-state index in [1.54, 1.807) is 23.5 Å². The quantitative estimate of drug-likeness (QED) is 0.191. The van der Waals surface area contributed by atoms with Crippen molar-refractivity contribution in [2.75, 3.05) is 0 Å². The molecule has 0 aliphatic heterocycles. The molecule has 0 saturated carbocycles. The molecule has 0 saturated heterocycles. The number of hydrogen-bond donors (Lipinski definition) is 2. The van der Waals surface area contributed by atoms with Crippen LogP contribution in [0.1, 0.15) is 33.5 Å². The van der Waals surface area contributed by atoms with Crippen LogP contribution in [0, 0.1) is 0 Å². The SMILES string of the molecule is NC1CCc2c(ccc3c2ccc2c(-c4sccc4OCc4ccccc4)cccc23)C1.O=C(O)c1ccc2ccccc2c1. The molecule has 5 heteroatoms. The van der Waals surface area contributed by atoms with Gasteiger partial charge in [-0.2, -0.15) is 0 Å². The lowest BCUT2D eigenvalue weighted by Gasteiger charge is -2.23. The fraction of sp³-hybridized carbons (Fsp3) is 0.125. The molecule has 1 unspecified atom stereocenters. The Morgan fingerprint density at radius 2 is 1.53 bits per heavy atom. The minimum atomic E-state index is -0.884. The molecule has 3 N–H and O–H groups in total. The van der Waals surface area contributed by atoms with Crippen molar-refractivity contribution in [3.8, 4) is 16.2 Å². The Kier molecular flexibility index (Phi) is 8.04. The molecule has 0 bridgehead atoms. The molecule has 1 aliphatic rings. The summed E-state index contributed by atoms with van der Waals surface area (Å²) in [5.41, 5.74) is 11.9. The highest BCUT2D eigenvalue weighted by molar-refractivity contribution is 7.14. The van der Waals surface area contributed by atoms with E-state index in [1.807, 2.05) is 36.4 Å². The van der Waals surface area contributed by atoms with Crippen LogP contribution < -0.4 is 10.5 Å². The average Bonchev–Trinajstić information content (AvgIpc) is 3.55. The summed E-state index contributed by atoms with van der Waals surface area (Å²) in [5.74, 6) is 0.0663. The molecule has 45 heavy (non-hydrogen) atoms. The first-order valence-electron chi connectivity index (χ1n) is 15.2. The molecular weight excluding hydrogens is 575 g/mol. The summed E-state index contributed by atoms with van der Waals surface area (Å²) in [4.78, 5) is 11.8. The molecule has 0 amide bonds. The number of carboxylic acids is 1. The number of carbonyl (C=O) groups is 1. The Morgan fingerprint density at radius 3 is 2.38 bits per heavy atom. The molecule has 6 aromatic carbocycles. The van der Waals surface area contributed by atoms with Gasteiger partial charge in [-0.1, -0.05) is 103 Å². The van der Waals surface area contributed by atoms with Crippen molar-refractivity contribution >= 4 is 49.6 Å². The second-order valence-corrected chi connectivity index (χ2v) is 12.4. The van der Waals surface area contributed by atoms with Crippen LogP contribution in [0.4, 0.5) is 0 Å². The van der Waals surface area contributed by atoms with Crippen molar-refractivity contribution < 1.29 is 14.6 Å². The molecule has 0 radical (unpaired) electrons. The summed E-state index contributed by atoms with van der Waals surface area (Å²) in [7, 11) is 0. The zero-order valence-corrected chi connectivity index (χ0v) is 25.6. The van der Waals surface area contributed by atoms with Gasteiger partial charge in [0.05, 0.1) is 10.4 Å². The largest absolute Gasteiger partial charge is 0.487 e. The Labute approximate surface area is 266 Å². The molecule has 0 spiro atoms. The van der Waals surface area contributed by atoms with Crippen molar-refractivity contribution in [2.45, 2.75) is 31.9 Å². The minimum Gasteiger partial charge on any atom is -0.487 e. The first kappa shape index (κ1) is 28.8. The number of carboxylic acid groups (broad SMARTS) is 1. The molecule has 222 valence electrons. The number of ether oxygens (including phenoxy) is 1. The van der Waals surface area contributed by atoms with Crippen molar-refractivity contribution in [1.82, 2.24) is 0 Å². The summed E-state index contributed by atoms with van der Waals surface area (Å²) >= 11 is 1.74. The van der Waals surface area contributed by atoms with E-state index in [0.717, 1.165) is 35.8 Å². The third-order valence-electron chi connectivity index (χ3n) is 8.62. The second kappa shape index (κ2) is 12.6. The highest BCUT2D eigenvalue weighted by atomic mass is 32.1.